The van der Waals surface area contributed by atoms with E-state index in [-0.39, 0.29) is 12.2 Å². The maximum Gasteiger partial charge on any atom is 0.348 e. The lowest BCUT2D eigenvalue weighted by Gasteiger charge is -2.11. The van der Waals surface area contributed by atoms with Crippen LogP contribution in [0.25, 0.3) is 6.08 Å². The number of rotatable bonds is 8. The molecule has 26 heavy (non-hydrogen) atoms. The second-order valence-corrected chi connectivity index (χ2v) is 5.38. The number of carbonyl (C=O) groups excluding carboxylic acids is 1. The first-order valence-corrected chi connectivity index (χ1v) is 8.31. The molecule has 0 atom stereocenters. The van der Waals surface area contributed by atoms with Crippen molar-refractivity contribution < 1.29 is 19.0 Å². The molecule has 0 amide bonds. The van der Waals surface area contributed by atoms with Crippen molar-refractivity contribution >= 4 is 12.0 Å². The van der Waals surface area contributed by atoms with Gasteiger partial charge < -0.3 is 14.2 Å². The Hall–Kier alpha value is -3.26. The number of hydrogen-bond acceptors (Lipinski definition) is 5. The van der Waals surface area contributed by atoms with Gasteiger partial charge in [0.2, 0.25) is 0 Å². The summed E-state index contributed by atoms with van der Waals surface area (Å²) >= 11 is 0. The van der Waals surface area contributed by atoms with Crippen molar-refractivity contribution in [3.05, 3.63) is 65.2 Å². The van der Waals surface area contributed by atoms with Crippen LogP contribution >= 0.6 is 0 Å². The third-order valence-electron chi connectivity index (χ3n) is 3.61. The molecule has 0 bridgehead atoms. The van der Waals surface area contributed by atoms with Crippen LogP contribution in [-0.2, 0) is 16.0 Å². The second-order valence-electron chi connectivity index (χ2n) is 5.38. The minimum absolute atomic E-state index is 0.0633. The zero-order valence-corrected chi connectivity index (χ0v) is 14.9. The van der Waals surface area contributed by atoms with Crippen LogP contribution in [0.4, 0.5) is 0 Å². The van der Waals surface area contributed by atoms with E-state index in [0.717, 1.165) is 6.42 Å². The zero-order chi connectivity index (χ0) is 18.8. The molecule has 2 aromatic carbocycles. The number of benzene rings is 2. The molecule has 0 aliphatic carbocycles. The smallest absolute Gasteiger partial charge is 0.348 e. The van der Waals surface area contributed by atoms with Gasteiger partial charge in [-0.05, 0) is 36.3 Å². The fraction of sp³-hybridized carbons (Fsp3) is 0.238. The Labute approximate surface area is 153 Å². The van der Waals surface area contributed by atoms with E-state index < -0.39 is 5.97 Å². The fourth-order valence-electron chi connectivity index (χ4n) is 2.33. The quantitative estimate of drug-likeness (QED) is 0.411. The molecule has 0 spiro atoms. The van der Waals surface area contributed by atoms with Crippen molar-refractivity contribution in [3.8, 4) is 17.6 Å². The SMILES string of the molecule is CCOC(=O)/C(C#N)=C/c1ccc(OCCc2ccccc2)c(OC)c1. The van der Waals surface area contributed by atoms with Crippen molar-refractivity contribution in [2.24, 2.45) is 0 Å². The third-order valence-corrected chi connectivity index (χ3v) is 3.61. The zero-order valence-electron chi connectivity index (χ0n) is 14.9. The number of esters is 1. The van der Waals surface area contributed by atoms with E-state index >= 15 is 0 Å². The molecule has 0 N–H and O–H groups in total. The van der Waals surface area contributed by atoms with Crippen molar-refractivity contribution in [2.45, 2.75) is 13.3 Å². The van der Waals surface area contributed by atoms with Crippen molar-refractivity contribution in [3.63, 3.8) is 0 Å². The minimum atomic E-state index is -0.642. The summed E-state index contributed by atoms with van der Waals surface area (Å²) in [5, 5.41) is 9.11. The average Bonchev–Trinajstić information content (AvgIpc) is 2.67. The summed E-state index contributed by atoms with van der Waals surface area (Å²) in [5.74, 6) is 0.500. The topological polar surface area (TPSA) is 68.6 Å². The molecular formula is C21H21NO4. The Kier molecular flexibility index (Phi) is 7.26. The van der Waals surface area contributed by atoms with Crippen LogP contribution in [0, 0.1) is 11.3 Å². The number of methoxy groups -OCH3 is 1. The van der Waals surface area contributed by atoms with Gasteiger partial charge in [-0.2, -0.15) is 5.26 Å². The van der Waals surface area contributed by atoms with Crippen LogP contribution in [-0.4, -0.2) is 26.3 Å². The lowest BCUT2D eigenvalue weighted by atomic mass is 10.1. The van der Waals surface area contributed by atoms with Gasteiger partial charge in [-0.25, -0.2) is 4.79 Å². The molecule has 0 saturated carbocycles. The second kappa shape index (κ2) is 9.90. The number of nitrogens with zero attached hydrogens (tertiary/aromatic N) is 1. The number of carbonyl (C=O) groups is 1. The summed E-state index contributed by atoms with van der Waals surface area (Å²) in [6.45, 7) is 2.43. The van der Waals surface area contributed by atoms with Crippen molar-refractivity contribution in [1.82, 2.24) is 0 Å². The first-order chi connectivity index (χ1) is 12.7. The van der Waals surface area contributed by atoms with Crippen LogP contribution in [0.1, 0.15) is 18.1 Å². The number of hydrogen-bond donors (Lipinski definition) is 0. The van der Waals surface area contributed by atoms with Crippen LogP contribution < -0.4 is 9.47 Å². The molecule has 0 unspecified atom stereocenters. The first kappa shape index (κ1) is 19.1. The molecular weight excluding hydrogens is 330 g/mol. The molecule has 0 saturated heterocycles. The molecule has 0 aromatic heterocycles. The van der Waals surface area contributed by atoms with Gasteiger partial charge in [0.1, 0.15) is 11.6 Å². The molecule has 2 aromatic rings. The van der Waals surface area contributed by atoms with Gasteiger partial charge in [0.25, 0.3) is 0 Å². The average molecular weight is 351 g/mol. The van der Waals surface area contributed by atoms with Crippen LogP contribution in [0.3, 0.4) is 0 Å². The molecule has 5 heteroatoms. The Morgan fingerprint density at radius 1 is 1.15 bits per heavy atom. The van der Waals surface area contributed by atoms with E-state index in [0.29, 0.717) is 23.7 Å². The van der Waals surface area contributed by atoms with E-state index in [1.807, 2.05) is 36.4 Å². The summed E-state index contributed by atoms with van der Waals surface area (Å²) in [6.07, 6.45) is 2.25. The largest absolute Gasteiger partial charge is 0.493 e. The Morgan fingerprint density at radius 3 is 2.58 bits per heavy atom. The number of nitriles is 1. The maximum absolute atomic E-state index is 11.7. The monoisotopic (exact) mass is 351 g/mol. The summed E-state index contributed by atoms with van der Waals surface area (Å²) in [6, 6.07) is 17.2. The van der Waals surface area contributed by atoms with Crippen LogP contribution in [0.15, 0.2) is 54.1 Å². The molecule has 134 valence electrons. The molecule has 0 aliphatic rings. The lowest BCUT2D eigenvalue weighted by Crippen LogP contribution is -2.06. The third kappa shape index (κ3) is 5.38. The van der Waals surface area contributed by atoms with Gasteiger partial charge >= 0.3 is 5.97 Å². The predicted molar refractivity (Wildman–Crippen MR) is 98.9 cm³/mol. The Morgan fingerprint density at radius 2 is 1.92 bits per heavy atom. The summed E-state index contributed by atoms with van der Waals surface area (Å²) in [5.41, 5.74) is 1.78. The highest BCUT2D eigenvalue weighted by Crippen LogP contribution is 2.29. The summed E-state index contributed by atoms with van der Waals surface area (Å²) < 4.78 is 16.0. The highest BCUT2D eigenvalue weighted by molar-refractivity contribution is 5.97. The fourth-order valence-corrected chi connectivity index (χ4v) is 2.33. The van der Waals surface area contributed by atoms with E-state index in [9.17, 15) is 4.79 Å². The highest BCUT2D eigenvalue weighted by Gasteiger charge is 2.11. The molecule has 0 fully saturated rings. The van der Waals surface area contributed by atoms with Crippen LogP contribution in [0.5, 0.6) is 11.5 Å². The van der Waals surface area contributed by atoms with E-state index in [4.69, 9.17) is 19.5 Å². The van der Waals surface area contributed by atoms with Gasteiger partial charge in [-0.1, -0.05) is 36.4 Å². The maximum atomic E-state index is 11.7. The van der Waals surface area contributed by atoms with Crippen molar-refractivity contribution in [2.75, 3.05) is 20.3 Å². The van der Waals surface area contributed by atoms with E-state index in [1.54, 1.807) is 32.2 Å². The first-order valence-electron chi connectivity index (χ1n) is 8.31. The Bertz CT molecular complexity index is 807. The molecule has 0 radical (unpaired) electrons. The van der Waals surface area contributed by atoms with Gasteiger partial charge in [-0.15, -0.1) is 0 Å². The molecule has 2 rings (SSSR count). The van der Waals surface area contributed by atoms with Crippen molar-refractivity contribution in [1.29, 1.82) is 5.26 Å². The highest BCUT2D eigenvalue weighted by atomic mass is 16.5. The molecule has 0 heterocycles. The summed E-state index contributed by atoms with van der Waals surface area (Å²) in [7, 11) is 1.55. The van der Waals surface area contributed by atoms with Gasteiger partial charge in [0, 0.05) is 6.42 Å². The lowest BCUT2D eigenvalue weighted by molar-refractivity contribution is -0.137. The molecule has 0 aliphatic heterocycles. The van der Waals surface area contributed by atoms with E-state index in [1.165, 1.54) is 11.6 Å². The number of ether oxygens (including phenoxy) is 3. The summed E-state index contributed by atoms with van der Waals surface area (Å²) in [4.78, 5) is 11.7. The predicted octanol–water partition coefficient (Wildman–Crippen LogP) is 3.79. The van der Waals surface area contributed by atoms with Gasteiger partial charge in [0.15, 0.2) is 11.5 Å². The van der Waals surface area contributed by atoms with Gasteiger partial charge in [0.05, 0.1) is 20.3 Å². The Balaban J connectivity index is 2.09. The van der Waals surface area contributed by atoms with Gasteiger partial charge in [-0.3, -0.25) is 0 Å². The normalized spacial score (nSPS) is 10.7. The molecule has 5 nitrogen and oxygen atoms in total. The standard InChI is InChI=1S/C21H21NO4/c1-3-25-21(23)18(15-22)13-17-9-10-19(20(14-17)24-2)26-12-11-16-7-5-4-6-8-16/h4-10,13-14H,3,11-12H2,1-2H3/b18-13+. The van der Waals surface area contributed by atoms with Crippen LogP contribution in [0.2, 0.25) is 0 Å². The minimum Gasteiger partial charge on any atom is -0.493 e. The van der Waals surface area contributed by atoms with E-state index in [2.05, 4.69) is 0 Å².